The molecular weight excluding hydrogens is 347 g/mol. The number of halogens is 1. The standard InChI is InChI=1S/C20H19FN4O2/c1-26-14-3-2-11-4-12(10-27-19(11)5-14)20-24-17-6-15(13(8-22)9-23)16(21)7-18(17)25-20/h2-3,5-9,12,22H,4,10,23H2,1H3,(H,24,25)/b13-9+,22-8?. The van der Waals surface area contributed by atoms with Gasteiger partial charge in [0, 0.05) is 35.7 Å². The second kappa shape index (κ2) is 6.75. The molecule has 0 saturated heterocycles. The molecule has 4 N–H and O–H groups in total. The van der Waals surface area contributed by atoms with Crippen LogP contribution in [0.25, 0.3) is 16.6 Å². The second-order valence-corrected chi connectivity index (χ2v) is 6.42. The molecule has 0 radical (unpaired) electrons. The van der Waals surface area contributed by atoms with Crippen molar-refractivity contribution in [1.82, 2.24) is 9.97 Å². The summed E-state index contributed by atoms with van der Waals surface area (Å²) in [7, 11) is 1.62. The Balaban J connectivity index is 1.67. The van der Waals surface area contributed by atoms with E-state index in [1.807, 2.05) is 18.2 Å². The molecule has 1 aliphatic heterocycles. The summed E-state index contributed by atoms with van der Waals surface area (Å²) in [4.78, 5) is 7.82. The van der Waals surface area contributed by atoms with Gasteiger partial charge in [0.05, 0.1) is 30.7 Å². The maximum atomic E-state index is 14.4. The molecule has 0 amide bonds. The molecule has 3 aromatic rings. The number of nitrogens with one attached hydrogen (secondary N) is 2. The summed E-state index contributed by atoms with van der Waals surface area (Å²) in [6.45, 7) is 0.476. The van der Waals surface area contributed by atoms with Gasteiger partial charge in [-0.3, -0.25) is 0 Å². The average Bonchev–Trinajstić information content (AvgIpc) is 3.11. The Morgan fingerprint density at radius 3 is 3.00 bits per heavy atom. The first-order chi connectivity index (χ1) is 13.1. The Kier molecular flexibility index (Phi) is 4.27. The summed E-state index contributed by atoms with van der Waals surface area (Å²) in [5.74, 6) is 1.91. The second-order valence-electron chi connectivity index (χ2n) is 6.42. The Morgan fingerprint density at radius 2 is 2.26 bits per heavy atom. The van der Waals surface area contributed by atoms with Crippen molar-refractivity contribution in [3.05, 3.63) is 59.3 Å². The minimum absolute atomic E-state index is 0.0389. The number of rotatable bonds is 4. The van der Waals surface area contributed by atoms with Gasteiger partial charge in [-0.1, -0.05) is 6.07 Å². The Labute approximate surface area is 155 Å². The molecule has 1 unspecified atom stereocenters. The predicted molar refractivity (Wildman–Crippen MR) is 102 cm³/mol. The van der Waals surface area contributed by atoms with E-state index < -0.39 is 5.82 Å². The average molecular weight is 366 g/mol. The van der Waals surface area contributed by atoms with Gasteiger partial charge >= 0.3 is 0 Å². The van der Waals surface area contributed by atoms with E-state index in [0.717, 1.165) is 35.5 Å². The minimum atomic E-state index is -0.449. The van der Waals surface area contributed by atoms with Crippen molar-refractivity contribution in [2.24, 2.45) is 5.73 Å². The van der Waals surface area contributed by atoms with Gasteiger partial charge in [0.1, 0.15) is 23.1 Å². The highest BCUT2D eigenvalue weighted by molar-refractivity contribution is 6.09. The molecular formula is C20H19FN4O2. The lowest BCUT2D eigenvalue weighted by Crippen LogP contribution is -2.20. The van der Waals surface area contributed by atoms with Crippen LogP contribution in [0.5, 0.6) is 11.5 Å². The van der Waals surface area contributed by atoms with E-state index in [4.69, 9.17) is 20.6 Å². The van der Waals surface area contributed by atoms with E-state index >= 15 is 0 Å². The molecule has 1 aliphatic rings. The summed E-state index contributed by atoms with van der Waals surface area (Å²) >= 11 is 0. The number of aromatic nitrogens is 2. The highest BCUT2D eigenvalue weighted by Gasteiger charge is 2.25. The molecule has 0 spiro atoms. The van der Waals surface area contributed by atoms with E-state index in [9.17, 15) is 4.39 Å². The molecule has 4 rings (SSSR count). The van der Waals surface area contributed by atoms with Gasteiger partial charge < -0.3 is 25.6 Å². The first kappa shape index (κ1) is 17.1. The van der Waals surface area contributed by atoms with Gasteiger partial charge in [-0.25, -0.2) is 9.37 Å². The number of hydrogen-bond donors (Lipinski definition) is 3. The van der Waals surface area contributed by atoms with Crippen molar-refractivity contribution in [3.63, 3.8) is 0 Å². The van der Waals surface area contributed by atoms with Gasteiger partial charge in [0.25, 0.3) is 0 Å². The van der Waals surface area contributed by atoms with Crippen LogP contribution in [0.1, 0.15) is 22.9 Å². The van der Waals surface area contributed by atoms with Crippen molar-refractivity contribution < 1.29 is 13.9 Å². The number of H-pyrrole nitrogens is 1. The van der Waals surface area contributed by atoms with Crippen LogP contribution in [-0.4, -0.2) is 29.9 Å². The molecule has 0 aliphatic carbocycles. The Bertz CT molecular complexity index is 1060. The normalized spacial score (nSPS) is 16.7. The fourth-order valence-electron chi connectivity index (χ4n) is 3.34. The van der Waals surface area contributed by atoms with Crippen LogP contribution in [-0.2, 0) is 6.42 Å². The number of fused-ring (bicyclic) bond motifs is 2. The number of ether oxygens (including phenoxy) is 2. The van der Waals surface area contributed by atoms with Crippen LogP contribution >= 0.6 is 0 Å². The minimum Gasteiger partial charge on any atom is -0.497 e. The first-order valence-corrected chi connectivity index (χ1v) is 8.54. The molecule has 2 aromatic carbocycles. The van der Waals surface area contributed by atoms with E-state index in [1.165, 1.54) is 12.3 Å². The molecule has 6 nitrogen and oxygen atoms in total. The summed E-state index contributed by atoms with van der Waals surface area (Å²) in [6.07, 6.45) is 3.01. The van der Waals surface area contributed by atoms with Crippen LogP contribution in [0.15, 0.2) is 36.5 Å². The third kappa shape index (κ3) is 3.01. The number of allylic oxidation sites excluding steroid dienone is 1. The van der Waals surface area contributed by atoms with E-state index in [2.05, 4.69) is 9.97 Å². The van der Waals surface area contributed by atoms with Gasteiger partial charge in [0.2, 0.25) is 0 Å². The zero-order valence-corrected chi connectivity index (χ0v) is 14.8. The van der Waals surface area contributed by atoms with Crippen LogP contribution in [0.3, 0.4) is 0 Å². The lowest BCUT2D eigenvalue weighted by molar-refractivity contribution is 0.257. The highest BCUT2D eigenvalue weighted by Crippen LogP contribution is 2.35. The zero-order chi connectivity index (χ0) is 19.0. The van der Waals surface area contributed by atoms with E-state index in [-0.39, 0.29) is 11.5 Å². The number of nitrogens with two attached hydrogens (primary N) is 1. The summed E-state index contributed by atoms with van der Waals surface area (Å²) in [5, 5.41) is 7.37. The third-order valence-electron chi connectivity index (χ3n) is 4.80. The number of methoxy groups -OCH3 is 1. The maximum absolute atomic E-state index is 14.4. The molecule has 2 heterocycles. The van der Waals surface area contributed by atoms with E-state index in [1.54, 1.807) is 13.2 Å². The fourth-order valence-corrected chi connectivity index (χ4v) is 3.34. The van der Waals surface area contributed by atoms with E-state index in [0.29, 0.717) is 23.2 Å². The van der Waals surface area contributed by atoms with Gasteiger partial charge in [-0.05, 0) is 24.1 Å². The van der Waals surface area contributed by atoms with Gasteiger partial charge in [-0.2, -0.15) is 0 Å². The fraction of sp³-hybridized carbons (Fsp3) is 0.200. The third-order valence-corrected chi connectivity index (χ3v) is 4.80. The zero-order valence-electron chi connectivity index (χ0n) is 14.8. The number of benzene rings is 2. The van der Waals surface area contributed by atoms with Crippen molar-refractivity contribution >= 4 is 22.8 Å². The van der Waals surface area contributed by atoms with Crippen molar-refractivity contribution in [3.8, 4) is 11.5 Å². The number of hydrogen-bond acceptors (Lipinski definition) is 5. The molecule has 7 heteroatoms. The van der Waals surface area contributed by atoms with Crippen LogP contribution in [0, 0.1) is 11.2 Å². The van der Waals surface area contributed by atoms with Crippen molar-refractivity contribution in [2.75, 3.05) is 13.7 Å². The highest BCUT2D eigenvalue weighted by atomic mass is 19.1. The Hall–Kier alpha value is -3.35. The molecule has 0 bridgehead atoms. The number of aromatic amines is 1. The lowest BCUT2D eigenvalue weighted by atomic mass is 9.96. The summed E-state index contributed by atoms with van der Waals surface area (Å²) in [5.41, 5.74) is 8.36. The monoisotopic (exact) mass is 366 g/mol. The maximum Gasteiger partial charge on any atom is 0.133 e. The van der Waals surface area contributed by atoms with Crippen LogP contribution < -0.4 is 15.2 Å². The number of nitrogens with zero attached hydrogens (tertiary/aromatic N) is 1. The molecule has 27 heavy (non-hydrogen) atoms. The lowest BCUT2D eigenvalue weighted by Gasteiger charge is -2.24. The molecule has 1 aromatic heterocycles. The van der Waals surface area contributed by atoms with Crippen molar-refractivity contribution in [1.29, 1.82) is 5.41 Å². The topological polar surface area (TPSA) is 97.0 Å². The van der Waals surface area contributed by atoms with Crippen LogP contribution in [0.4, 0.5) is 4.39 Å². The predicted octanol–water partition coefficient (Wildman–Crippen LogP) is 3.38. The molecule has 1 atom stereocenters. The molecule has 138 valence electrons. The molecule has 0 fully saturated rings. The smallest absolute Gasteiger partial charge is 0.133 e. The largest absolute Gasteiger partial charge is 0.497 e. The number of imidazole rings is 1. The van der Waals surface area contributed by atoms with Gasteiger partial charge in [0.15, 0.2) is 0 Å². The first-order valence-electron chi connectivity index (χ1n) is 8.54. The van der Waals surface area contributed by atoms with Crippen LogP contribution in [0.2, 0.25) is 0 Å². The Morgan fingerprint density at radius 1 is 1.41 bits per heavy atom. The van der Waals surface area contributed by atoms with Gasteiger partial charge in [-0.15, -0.1) is 0 Å². The summed E-state index contributed by atoms with van der Waals surface area (Å²) < 4.78 is 25.5. The quantitative estimate of drug-likeness (QED) is 0.617. The SMILES string of the molecule is COc1ccc2c(c1)OCC(c1nc3cc(/C(C=N)=C/N)c(F)cc3[nH]1)C2. The molecule has 0 saturated carbocycles. The summed E-state index contributed by atoms with van der Waals surface area (Å²) in [6, 6.07) is 8.77. The van der Waals surface area contributed by atoms with Crippen molar-refractivity contribution in [2.45, 2.75) is 12.3 Å².